The summed E-state index contributed by atoms with van der Waals surface area (Å²) in [7, 11) is 0. The van der Waals surface area contributed by atoms with Crippen molar-refractivity contribution in [3.05, 3.63) is 71.8 Å². The van der Waals surface area contributed by atoms with Crippen molar-refractivity contribution in [3.63, 3.8) is 0 Å². The van der Waals surface area contributed by atoms with E-state index in [1.165, 1.54) is 19.6 Å². The van der Waals surface area contributed by atoms with E-state index in [1.54, 1.807) is 6.92 Å². The van der Waals surface area contributed by atoms with Crippen LogP contribution in [0.5, 0.6) is 0 Å². The lowest BCUT2D eigenvalue weighted by Crippen LogP contribution is -2.29. The number of benzene rings is 2. The van der Waals surface area contributed by atoms with Crippen molar-refractivity contribution in [1.82, 2.24) is 10.2 Å². The number of alkyl carbamates (subject to hydrolysis) is 1. The average molecular weight is 613 g/mol. The highest BCUT2D eigenvalue weighted by atomic mass is 16.6. The minimum absolute atomic E-state index is 0.0192. The quantitative estimate of drug-likeness (QED) is 0.155. The van der Waals surface area contributed by atoms with Gasteiger partial charge in [0.05, 0.1) is 0 Å². The summed E-state index contributed by atoms with van der Waals surface area (Å²) in [6.45, 7) is 14.2. The number of nitrogens with one attached hydrogen (secondary N) is 1. The van der Waals surface area contributed by atoms with Crippen LogP contribution in [0.15, 0.2) is 60.7 Å². The van der Waals surface area contributed by atoms with Gasteiger partial charge in [-0.1, -0.05) is 88.4 Å². The van der Waals surface area contributed by atoms with Crippen molar-refractivity contribution in [2.45, 2.75) is 86.0 Å². The Hall–Kier alpha value is -4.05. The molecule has 242 valence electrons. The molecule has 0 bridgehead atoms. The Kier molecular flexibility index (Phi) is 19.4. The van der Waals surface area contributed by atoms with Gasteiger partial charge < -0.3 is 24.4 Å². The second-order valence-corrected chi connectivity index (χ2v) is 10.1. The van der Waals surface area contributed by atoms with E-state index in [9.17, 15) is 24.0 Å². The largest absolute Gasteiger partial charge is 0.461 e. The minimum atomic E-state index is -0.771. The number of hydrogen-bond acceptors (Lipinski definition) is 9. The van der Waals surface area contributed by atoms with E-state index in [0.29, 0.717) is 19.4 Å². The van der Waals surface area contributed by atoms with E-state index in [0.717, 1.165) is 17.5 Å². The Morgan fingerprint density at radius 3 is 1.64 bits per heavy atom. The number of nitrogens with zero attached hydrogens (tertiary/aromatic N) is 1. The van der Waals surface area contributed by atoms with Crippen LogP contribution in [0.2, 0.25) is 0 Å². The summed E-state index contributed by atoms with van der Waals surface area (Å²) in [4.78, 5) is 58.5. The van der Waals surface area contributed by atoms with Gasteiger partial charge in [0, 0.05) is 18.8 Å². The smallest absolute Gasteiger partial charge is 0.415 e. The van der Waals surface area contributed by atoms with E-state index in [-0.39, 0.29) is 37.1 Å². The van der Waals surface area contributed by atoms with Gasteiger partial charge in [-0.3, -0.25) is 14.4 Å². The third kappa shape index (κ3) is 16.6. The standard InChI is InChI=1S/C15H20O3.C13H13NO5.C6H15N/c1-3-14(12(2)16)9-10-15(17)18-11-13-7-5-4-6-8-13;15-11(18-8-9-4-2-1-3-5-9)7-6-10-12(16)19-13(17)14-10;1-4-7(5-2)6-3/h4-8,14H,3,9-11H2,1-2H3;1-5,10H,6-8H2,(H,14,17);4-6H2,1-3H3/t;10-;/m.0./s1. The molecule has 3 rings (SSSR count). The predicted molar refractivity (Wildman–Crippen MR) is 167 cm³/mol. The number of hydrogen-bond donors (Lipinski definition) is 1. The number of rotatable bonds is 15. The van der Waals surface area contributed by atoms with Crippen molar-refractivity contribution in [1.29, 1.82) is 0 Å². The maximum atomic E-state index is 11.5. The van der Waals surface area contributed by atoms with E-state index < -0.39 is 24.1 Å². The lowest BCUT2D eigenvalue weighted by molar-refractivity contribution is -0.146. The molecule has 0 saturated carbocycles. The third-order valence-corrected chi connectivity index (χ3v) is 7.00. The van der Waals surface area contributed by atoms with E-state index in [1.807, 2.05) is 67.6 Å². The first kappa shape index (κ1) is 38.0. The molecule has 0 radical (unpaired) electrons. The van der Waals surface area contributed by atoms with Crippen molar-refractivity contribution in [3.8, 4) is 0 Å². The monoisotopic (exact) mass is 612 g/mol. The Morgan fingerprint density at radius 1 is 0.795 bits per heavy atom. The topological polar surface area (TPSA) is 128 Å². The molecule has 2 aromatic carbocycles. The fourth-order valence-corrected chi connectivity index (χ4v) is 4.12. The number of carbonyl (C=O) groups is 5. The highest BCUT2D eigenvalue weighted by Crippen LogP contribution is 2.13. The second-order valence-electron chi connectivity index (χ2n) is 10.1. The summed E-state index contributed by atoms with van der Waals surface area (Å²) in [6, 6.07) is 18.1. The molecule has 1 heterocycles. The number of cyclic esters (lactones) is 2. The second kappa shape index (κ2) is 22.5. The molecule has 1 amide bonds. The molecule has 2 atom stereocenters. The van der Waals surface area contributed by atoms with Gasteiger partial charge in [0.15, 0.2) is 0 Å². The van der Waals surface area contributed by atoms with Crippen LogP contribution in [0.1, 0.15) is 77.8 Å². The van der Waals surface area contributed by atoms with Gasteiger partial charge in [-0.05, 0) is 56.9 Å². The first-order valence-electron chi connectivity index (χ1n) is 15.3. The highest BCUT2D eigenvalue weighted by molar-refractivity contribution is 5.95. The molecule has 44 heavy (non-hydrogen) atoms. The SMILES string of the molecule is CCC(CCC(=O)OCc1ccccc1)C(C)=O.CCN(CC)CC.O=C(CC[C@@H]1NC(=O)OC1=O)OCc1ccccc1. The molecule has 10 heteroatoms. The third-order valence-electron chi connectivity index (χ3n) is 7.00. The predicted octanol–water partition coefficient (Wildman–Crippen LogP) is 5.62. The van der Waals surface area contributed by atoms with Gasteiger partial charge in [-0.25, -0.2) is 9.59 Å². The van der Waals surface area contributed by atoms with Gasteiger partial charge in [0.25, 0.3) is 0 Å². The van der Waals surface area contributed by atoms with Gasteiger partial charge in [0.1, 0.15) is 25.0 Å². The van der Waals surface area contributed by atoms with E-state index in [2.05, 4.69) is 35.7 Å². The van der Waals surface area contributed by atoms with Crippen molar-refractivity contribution in [2.24, 2.45) is 5.92 Å². The molecule has 1 N–H and O–H groups in total. The molecular formula is C34H48N2O8. The number of ketones is 1. The highest BCUT2D eigenvalue weighted by Gasteiger charge is 2.32. The Bertz CT molecular complexity index is 1130. The van der Waals surface area contributed by atoms with Crippen molar-refractivity contribution >= 4 is 29.8 Å². The van der Waals surface area contributed by atoms with Gasteiger partial charge in [-0.2, -0.15) is 0 Å². The van der Waals surface area contributed by atoms with Crippen molar-refractivity contribution < 1.29 is 38.2 Å². The van der Waals surface area contributed by atoms with Gasteiger partial charge >= 0.3 is 24.0 Å². The first-order chi connectivity index (χ1) is 21.1. The normalized spacial score (nSPS) is 14.2. The van der Waals surface area contributed by atoms with Crippen LogP contribution in [0, 0.1) is 5.92 Å². The van der Waals surface area contributed by atoms with E-state index >= 15 is 0 Å². The number of amides is 1. The maximum Gasteiger partial charge on any atom is 0.415 e. The molecule has 1 aliphatic heterocycles. The summed E-state index contributed by atoms with van der Waals surface area (Å²) in [5.41, 5.74) is 1.87. The molecule has 1 unspecified atom stereocenters. The van der Waals surface area contributed by atoms with E-state index in [4.69, 9.17) is 9.47 Å². The fraction of sp³-hybridized carbons (Fsp3) is 0.500. The van der Waals surface area contributed by atoms with Gasteiger partial charge in [-0.15, -0.1) is 0 Å². The zero-order valence-electron chi connectivity index (χ0n) is 26.7. The van der Waals surface area contributed by atoms with Crippen LogP contribution >= 0.6 is 0 Å². The summed E-state index contributed by atoms with van der Waals surface area (Å²) in [6.07, 6.45) is 1.13. The number of Topliss-reactive ketones (excluding diaryl/α,β-unsaturated/α-hetero) is 1. The van der Waals surface area contributed by atoms with Crippen LogP contribution < -0.4 is 5.32 Å². The maximum absolute atomic E-state index is 11.5. The lowest BCUT2D eigenvalue weighted by atomic mass is 9.96. The Labute approximate surface area is 261 Å². The number of esters is 3. The molecule has 0 aliphatic carbocycles. The van der Waals surface area contributed by atoms with Crippen LogP contribution in [0.4, 0.5) is 4.79 Å². The molecule has 1 aliphatic rings. The summed E-state index contributed by atoms with van der Waals surface area (Å²) >= 11 is 0. The number of ether oxygens (including phenoxy) is 3. The molecule has 0 spiro atoms. The zero-order chi connectivity index (χ0) is 32.7. The number of carbonyl (C=O) groups excluding carboxylic acids is 5. The zero-order valence-corrected chi connectivity index (χ0v) is 26.7. The summed E-state index contributed by atoms with van der Waals surface area (Å²) in [5.74, 6) is -1.18. The first-order valence-corrected chi connectivity index (χ1v) is 15.3. The molecule has 1 saturated heterocycles. The molecule has 0 aromatic heterocycles. The van der Waals surface area contributed by atoms with Gasteiger partial charge in [0.2, 0.25) is 0 Å². The van der Waals surface area contributed by atoms with Crippen molar-refractivity contribution in [2.75, 3.05) is 19.6 Å². The van der Waals surface area contributed by atoms with Crippen LogP contribution in [0.25, 0.3) is 0 Å². The molecule has 2 aromatic rings. The van der Waals surface area contributed by atoms with Crippen LogP contribution in [-0.2, 0) is 46.6 Å². The Balaban J connectivity index is 0.000000364. The lowest BCUT2D eigenvalue weighted by Gasteiger charge is -2.13. The minimum Gasteiger partial charge on any atom is -0.461 e. The summed E-state index contributed by atoms with van der Waals surface area (Å²) in [5, 5.41) is 2.31. The average Bonchev–Trinajstić information content (AvgIpc) is 3.36. The van der Waals surface area contributed by atoms with Crippen LogP contribution in [-0.4, -0.2) is 60.4 Å². The Morgan fingerprint density at radius 2 is 1.27 bits per heavy atom. The molecule has 1 fully saturated rings. The fourth-order valence-electron chi connectivity index (χ4n) is 4.12. The molecular weight excluding hydrogens is 564 g/mol. The summed E-state index contributed by atoms with van der Waals surface area (Å²) < 4.78 is 14.5. The van der Waals surface area contributed by atoms with Crippen LogP contribution in [0.3, 0.4) is 0 Å². The molecule has 10 nitrogen and oxygen atoms in total.